The Balaban J connectivity index is 0.000000194. The minimum Gasteiger partial charge on any atom is -0.388 e. The van der Waals surface area contributed by atoms with Crippen LogP contribution in [0, 0.1) is 12.8 Å². The van der Waals surface area contributed by atoms with Crippen LogP contribution in [0.4, 0.5) is 5.69 Å². The third-order valence-corrected chi connectivity index (χ3v) is 10.7. The van der Waals surface area contributed by atoms with E-state index in [0.29, 0.717) is 72.6 Å². The molecule has 13 nitrogen and oxygen atoms in total. The quantitative estimate of drug-likeness (QED) is 0.153. The fourth-order valence-corrected chi connectivity index (χ4v) is 7.08. The maximum Gasteiger partial charge on any atom is 0.261 e. The maximum absolute atomic E-state index is 12.8. The van der Waals surface area contributed by atoms with Crippen molar-refractivity contribution >= 4 is 57.3 Å². The van der Waals surface area contributed by atoms with Crippen molar-refractivity contribution in [3.05, 3.63) is 112 Å². The molecular weight excluding hydrogens is 756 g/mol. The first kappa shape index (κ1) is 43.9. The lowest BCUT2D eigenvalue weighted by molar-refractivity contribution is -0.122. The highest BCUT2D eigenvalue weighted by Crippen LogP contribution is 2.24. The molecule has 3 amide bonds. The van der Waals surface area contributed by atoms with E-state index in [-0.39, 0.29) is 23.9 Å². The highest BCUT2D eigenvalue weighted by molar-refractivity contribution is 6.35. The van der Waals surface area contributed by atoms with Gasteiger partial charge in [0.2, 0.25) is 12.3 Å². The minimum atomic E-state index is -1.04. The number of aryl methyl sites for hydroxylation is 1. The summed E-state index contributed by atoms with van der Waals surface area (Å²) in [4.78, 5) is 62.4. The van der Waals surface area contributed by atoms with E-state index in [1.54, 1.807) is 47.5 Å². The molecule has 2 aliphatic rings. The second-order valence-electron chi connectivity index (χ2n) is 15.5. The summed E-state index contributed by atoms with van der Waals surface area (Å²) >= 11 is 6.11. The Hall–Kier alpha value is -5.21. The lowest BCUT2D eigenvalue weighted by Gasteiger charge is -2.36. The second kappa shape index (κ2) is 21.0. The first-order valence-electron chi connectivity index (χ1n) is 19.7. The Bertz CT molecular complexity index is 2210. The highest BCUT2D eigenvalue weighted by Gasteiger charge is 2.33. The fourth-order valence-electron chi connectivity index (χ4n) is 6.87. The van der Waals surface area contributed by atoms with Gasteiger partial charge in [-0.25, -0.2) is 4.98 Å². The number of piperidine rings is 1. The molecule has 2 fully saturated rings. The van der Waals surface area contributed by atoms with Gasteiger partial charge >= 0.3 is 0 Å². The lowest BCUT2D eigenvalue weighted by Crippen LogP contribution is -2.47. The molecular formula is C44H55ClN8O5. The molecule has 0 radical (unpaired) electrons. The van der Waals surface area contributed by atoms with Crippen molar-refractivity contribution in [3.8, 4) is 0 Å². The van der Waals surface area contributed by atoms with Crippen LogP contribution in [0.15, 0.2) is 90.1 Å². The lowest BCUT2D eigenvalue weighted by atomic mass is 9.91. The first-order chi connectivity index (χ1) is 27.8. The number of amides is 3. The maximum atomic E-state index is 12.8. The molecule has 2 saturated heterocycles. The zero-order chi connectivity index (χ0) is 41.7. The number of aromatic nitrogens is 3. The number of nitrogens with zero attached hydrogens (tertiary/aromatic N) is 6. The van der Waals surface area contributed by atoms with Crippen LogP contribution in [0.1, 0.15) is 48.5 Å². The van der Waals surface area contributed by atoms with Gasteiger partial charge in [0, 0.05) is 68.5 Å². The Morgan fingerprint density at radius 2 is 1.71 bits per heavy atom. The summed E-state index contributed by atoms with van der Waals surface area (Å²) in [6.45, 7) is 9.91. The summed E-state index contributed by atoms with van der Waals surface area (Å²) in [5, 5.41) is 18.5. The zero-order valence-electron chi connectivity index (χ0n) is 33.9. The number of nitrogens with one attached hydrogen (secondary N) is 2. The van der Waals surface area contributed by atoms with Gasteiger partial charge in [-0.3, -0.25) is 28.7 Å². The van der Waals surface area contributed by atoms with Crippen molar-refractivity contribution < 1.29 is 19.5 Å². The van der Waals surface area contributed by atoms with Gasteiger partial charge in [-0.05, 0) is 89.1 Å². The van der Waals surface area contributed by atoms with Gasteiger partial charge < -0.3 is 30.4 Å². The highest BCUT2D eigenvalue weighted by atomic mass is 35.5. The molecule has 308 valence electrons. The molecule has 0 saturated carbocycles. The molecule has 0 spiro atoms. The monoisotopic (exact) mass is 810 g/mol. The van der Waals surface area contributed by atoms with E-state index in [0.717, 1.165) is 42.9 Å². The SMILES string of the molecule is CC1CCN(CCNC(=O)c2ccc3c(Cl)ccnc3c2)C1.CN(C)CCC(=O)Nc1ccc2c(=O)n(CC3(O)CCN(C=O)CC3)cnc2c1.Cc1ccccc1. The third-order valence-electron chi connectivity index (χ3n) is 10.4. The summed E-state index contributed by atoms with van der Waals surface area (Å²) in [7, 11) is 3.81. The number of rotatable bonds is 11. The number of aliphatic hydroxyl groups is 1. The fraction of sp³-hybridized carbons (Fsp3) is 0.409. The van der Waals surface area contributed by atoms with Crippen molar-refractivity contribution in [2.75, 3.05) is 65.2 Å². The van der Waals surface area contributed by atoms with Crippen LogP contribution in [0.25, 0.3) is 21.8 Å². The Labute approximate surface area is 345 Å². The van der Waals surface area contributed by atoms with Gasteiger partial charge in [-0.1, -0.05) is 60.5 Å². The van der Waals surface area contributed by atoms with Crippen molar-refractivity contribution in [1.29, 1.82) is 0 Å². The number of carbonyl (C=O) groups excluding carboxylic acids is 3. The number of fused-ring (bicyclic) bond motifs is 2. The van der Waals surface area contributed by atoms with E-state index in [2.05, 4.69) is 51.5 Å². The number of hydrogen-bond donors (Lipinski definition) is 3. The smallest absolute Gasteiger partial charge is 0.261 e. The van der Waals surface area contributed by atoms with Crippen LogP contribution in [-0.2, 0) is 16.1 Å². The molecule has 14 heteroatoms. The number of halogens is 1. The van der Waals surface area contributed by atoms with Gasteiger partial charge in [-0.15, -0.1) is 0 Å². The summed E-state index contributed by atoms with van der Waals surface area (Å²) in [6, 6.07) is 22.4. The number of pyridine rings is 1. The summed E-state index contributed by atoms with van der Waals surface area (Å²) < 4.78 is 1.41. The summed E-state index contributed by atoms with van der Waals surface area (Å²) in [6.07, 6.45) is 6.31. The van der Waals surface area contributed by atoms with E-state index in [9.17, 15) is 24.3 Å². The summed E-state index contributed by atoms with van der Waals surface area (Å²) in [5.74, 6) is 0.609. The largest absolute Gasteiger partial charge is 0.388 e. The zero-order valence-corrected chi connectivity index (χ0v) is 34.6. The minimum absolute atomic E-state index is 0.0593. The van der Waals surface area contributed by atoms with Crippen LogP contribution in [0.2, 0.25) is 5.02 Å². The van der Waals surface area contributed by atoms with Gasteiger partial charge in [-0.2, -0.15) is 0 Å². The average molecular weight is 811 g/mol. The topological polar surface area (TPSA) is 153 Å². The number of likely N-dealkylation sites (tertiary alicyclic amines) is 2. The predicted octanol–water partition coefficient (Wildman–Crippen LogP) is 5.22. The number of anilines is 1. The van der Waals surface area contributed by atoms with Crippen LogP contribution >= 0.6 is 11.6 Å². The molecule has 2 aliphatic heterocycles. The van der Waals surface area contributed by atoms with E-state index in [1.807, 2.05) is 43.3 Å². The molecule has 1 unspecified atom stereocenters. The van der Waals surface area contributed by atoms with Crippen molar-refractivity contribution in [2.45, 2.75) is 51.7 Å². The number of carbonyl (C=O) groups is 3. The van der Waals surface area contributed by atoms with Crippen LogP contribution < -0.4 is 16.2 Å². The molecule has 3 aromatic carbocycles. The van der Waals surface area contributed by atoms with Crippen LogP contribution in [0.5, 0.6) is 0 Å². The van der Waals surface area contributed by atoms with Gasteiger partial charge in [0.15, 0.2) is 0 Å². The normalized spacial score (nSPS) is 16.3. The van der Waals surface area contributed by atoms with Gasteiger partial charge in [0.05, 0.1) is 39.9 Å². The molecule has 2 aromatic heterocycles. The van der Waals surface area contributed by atoms with Crippen molar-refractivity contribution in [1.82, 2.24) is 34.6 Å². The summed E-state index contributed by atoms with van der Waals surface area (Å²) in [5.41, 5.74) is 2.48. The van der Waals surface area contributed by atoms with E-state index in [4.69, 9.17) is 11.6 Å². The van der Waals surface area contributed by atoms with Crippen LogP contribution in [0.3, 0.4) is 0 Å². The predicted molar refractivity (Wildman–Crippen MR) is 230 cm³/mol. The first-order valence-corrected chi connectivity index (χ1v) is 20.1. The van der Waals surface area contributed by atoms with Crippen LogP contribution in [-0.4, -0.2) is 118 Å². The van der Waals surface area contributed by atoms with E-state index < -0.39 is 5.60 Å². The van der Waals surface area contributed by atoms with Crippen molar-refractivity contribution in [2.24, 2.45) is 5.92 Å². The van der Waals surface area contributed by atoms with Crippen molar-refractivity contribution in [3.63, 3.8) is 0 Å². The molecule has 5 aromatic rings. The molecule has 58 heavy (non-hydrogen) atoms. The standard InChI is InChI=1S/C20H27N5O4.C17H20ClN3O.C7H8/c1-23(2)8-5-18(27)22-15-3-4-16-17(11-15)21-13-25(19(16)28)12-20(29)6-9-24(14-26)10-7-20;1-12-5-8-21(11-12)9-7-20-17(22)13-2-3-14-15(18)4-6-19-16(14)10-13;1-7-5-3-2-4-6-7/h3-4,11,13-14,29H,5-10,12H2,1-2H3,(H,22,27);2-4,6,10,12H,5,7-9,11H2,1H3,(H,20,22);2-6H,1H3. The molecule has 0 bridgehead atoms. The Morgan fingerprint density at radius 1 is 0.983 bits per heavy atom. The molecule has 1 atom stereocenters. The second-order valence-corrected chi connectivity index (χ2v) is 15.9. The number of hydrogen-bond acceptors (Lipinski definition) is 9. The molecule has 3 N–H and O–H groups in total. The average Bonchev–Trinajstić information content (AvgIpc) is 3.63. The molecule has 0 aliphatic carbocycles. The molecule has 4 heterocycles. The molecule has 7 rings (SSSR count). The van der Waals surface area contributed by atoms with Gasteiger partial charge in [0.25, 0.3) is 11.5 Å². The van der Waals surface area contributed by atoms with E-state index >= 15 is 0 Å². The van der Waals surface area contributed by atoms with E-state index in [1.165, 1.54) is 22.9 Å². The third kappa shape index (κ3) is 12.9. The Morgan fingerprint density at radius 3 is 2.36 bits per heavy atom. The number of benzene rings is 3. The van der Waals surface area contributed by atoms with Gasteiger partial charge in [0.1, 0.15) is 0 Å². The Kier molecular flexibility index (Phi) is 15.9.